The van der Waals surface area contributed by atoms with Crippen LogP contribution in [0.2, 0.25) is 5.02 Å². The summed E-state index contributed by atoms with van der Waals surface area (Å²) in [7, 11) is -3.51. The number of aromatic carboxylic acids is 1. The van der Waals surface area contributed by atoms with Gasteiger partial charge in [0.15, 0.2) is 9.84 Å². The number of benzene rings is 1. The molecule has 0 amide bonds. The SMILES string of the molecule is CCSCCCS(=O)(=O)c1cc(Cl)cc(C(=O)O)c1C. The van der Waals surface area contributed by atoms with Crippen molar-refractivity contribution in [3.8, 4) is 0 Å². The Labute approximate surface area is 128 Å². The van der Waals surface area contributed by atoms with Gasteiger partial charge in [-0.15, -0.1) is 0 Å². The zero-order valence-corrected chi connectivity index (χ0v) is 13.7. The first-order chi connectivity index (χ1) is 9.29. The number of carboxylic acid groups (broad SMARTS) is 1. The van der Waals surface area contributed by atoms with Gasteiger partial charge in [-0.3, -0.25) is 0 Å². The molecule has 1 aromatic carbocycles. The molecule has 1 N–H and O–H groups in total. The van der Waals surface area contributed by atoms with Crippen molar-refractivity contribution >= 4 is 39.2 Å². The summed E-state index contributed by atoms with van der Waals surface area (Å²) in [5, 5.41) is 9.19. The normalized spacial score (nSPS) is 11.6. The molecular weight excluding hydrogens is 320 g/mol. The lowest BCUT2D eigenvalue weighted by molar-refractivity contribution is 0.0696. The molecule has 0 saturated carbocycles. The van der Waals surface area contributed by atoms with Gasteiger partial charge in [0.2, 0.25) is 0 Å². The second-order valence-electron chi connectivity index (χ2n) is 4.25. The summed E-state index contributed by atoms with van der Waals surface area (Å²) in [4.78, 5) is 11.1. The first-order valence-electron chi connectivity index (χ1n) is 6.13. The lowest BCUT2D eigenvalue weighted by Crippen LogP contribution is -2.12. The maximum Gasteiger partial charge on any atom is 0.336 e. The Morgan fingerprint density at radius 2 is 2.05 bits per heavy atom. The average molecular weight is 337 g/mol. The molecule has 1 aromatic rings. The van der Waals surface area contributed by atoms with E-state index in [1.54, 1.807) is 11.8 Å². The first kappa shape index (κ1) is 17.3. The molecule has 4 nitrogen and oxygen atoms in total. The van der Waals surface area contributed by atoms with Gasteiger partial charge in [-0.2, -0.15) is 11.8 Å². The summed E-state index contributed by atoms with van der Waals surface area (Å²) in [6, 6.07) is 2.59. The Morgan fingerprint density at radius 1 is 1.40 bits per heavy atom. The van der Waals surface area contributed by atoms with Gasteiger partial charge < -0.3 is 5.11 Å². The van der Waals surface area contributed by atoms with Crippen molar-refractivity contribution in [1.29, 1.82) is 0 Å². The maximum atomic E-state index is 12.3. The Bertz CT molecular complexity index is 597. The molecule has 20 heavy (non-hydrogen) atoms. The van der Waals surface area contributed by atoms with Crippen molar-refractivity contribution in [2.24, 2.45) is 0 Å². The van der Waals surface area contributed by atoms with Crippen LogP contribution in [0.15, 0.2) is 17.0 Å². The topological polar surface area (TPSA) is 71.4 Å². The number of carboxylic acids is 1. The fraction of sp³-hybridized carbons (Fsp3) is 0.462. The molecule has 0 atom stereocenters. The van der Waals surface area contributed by atoms with E-state index in [9.17, 15) is 13.2 Å². The molecule has 0 aliphatic carbocycles. The Hall–Kier alpha value is -0.720. The van der Waals surface area contributed by atoms with Crippen LogP contribution >= 0.6 is 23.4 Å². The zero-order chi connectivity index (χ0) is 15.3. The van der Waals surface area contributed by atoms with Gasteiger partial charge in [-0.25, -0.2) is 13.2 Å². The molecule has 0 aliphatic rings. The van der Waals surface area contributed by atoms with E-state index in [1.807, 2.05) is 6.92 Å². The third-order valence-corrected chi connectivity index (χ3v) is 5.92. The number of carbonyl (C=O) groups is 1. The standard InChI is InChI=1S/C13H17ClO4S2/c1-3-19-5-4-6-20(17,18)12-8-10(14)7-11(9(12)2)13(15)16/h7-8H,3-6H2,1-2H3,(H,15,16). The second-order valence-corrected chi connectivity index (χ2v) is 8.16. The minimum atomic E-state index is -3.51. The van der Waals surface area contributed by atoms with E-state index in [0.29, 0.717) is 6.42 Å². The number of thioether (sulfide) groups is 1. The zero-order valence-electron chi connectivity index (χ0n) is 11.3. The lowest BCUT2D eigenvalue weighted by atomic mass is 10.1. The summed E-state index contributed by atoms with van der Waals surface area (Å²) in [5.41, 5.74) is 0.170. The molecular formula is C13H17ClO4S2. The number of sulfone groups is 1. The molecule has 0 aromatic heterocycles. The number of hydrogen-bond donors (Lipinski definition) is 1. The molecule has 0 saturated heterocycles. The van der Waals surface area contributed by atoms with E-state index in [-0.39, 0.29) is 26.8 Å². The van der Waals surface area contributed by atoms with Crippen molar-refractivity contribution in [2.45, 2.75) is 25.2 Å². The van der Waals surface area contributed by atoms with Crippen LogP contribution in [0.25, 0.3) is 0 Å². The van der Waals surface area contributed by atoms with E-state index in [1.165, 1.54) is 19.1 Å². The summed E-state index contributed by atoms with van der Waals surface area (Å²) < 4.78 is 24.6. The predicted molar refractivity (Wildman–Crippen MR) is 82.8 cm³/mol. The van der Waals surface area contributed by atoms with Crippen LogP contribution in [0.5, 0.6) is 0 Å². The Balaban J connectivity index is 3.09. The highest BCUT2D eigenvalue weighted by Gasteiger charge is 2.21. The van der Waals surface area contributed by atoms with Crippen molar-refractivity contribution < 1.29 is 18.3 Å². The van der Waals surface area contributed by atoms with E-state index in [0.717, 1.165) is 11.5 Å². The highest BCUT2D eigenvalue weighted by molar-refractivity contribution is 7.99. The van der Waals surface area contributed by atoms with Crippen LogP contribution < -0.4 is 0 Å². The van der Waals surface area contributed by atoms with Crippen molar-refractivity contribution in [3.63, 3.8) is 0 Å². The summed E-state index contributed by atoms with van der Waals surface area (Å²) in [6.07, 6.45) is 0.537. The number of rotatable bonds is 7. The van der Waals surface area contributed by atoms with Gasteiger partial charge in [0.25, 0.3) is 0 Å². The molecule has 0 spiro atoms. The summed E-state index contributed by atoms with van der Waals surface area (Å²) >= 11 is 7.50. The lowest BCUT2D eigenvalue weighted by Gasteiger charge is -2.11. The molecule has 0 bridgehead atoms. The van der Waals surface area contributed by atoms with Gasteiger partial charge in [-0.1, -0.05) is 18.5 Å². The predicted octanol–water partition coefficient (Wildman–Crippen LogP) is 3.26. The van der Waals surface area contributed by atoms with Crippen molar-refractivity contribution in [3.05, 3.63) is 28.3 Å². The fourth-order valence-electron chi connectivity index (χ4n) is 1.80. The van der Waals surface area contributed by atoms with Gasteiger partial charge in [0.1, 0.15) is 0 Å². The van der Waals surface area contributed by atoms with Gasteiger partial charge in [0.05, 0.1) is 16.2 Å². The largest absolute Gasteiger partial charge is 0.478 e. The Kier molecular flexibility index (Phi) is 6.36. The maximum absolute atomic E-state index is 12.3. The molecule has 112 valence electrons. The van der Waals surface area contributed by atoms with Gasteiger partial charge in [0, 0.05) is 5.02 Å². The molecule has 0 aliphatic heterocycles. The average Bonchev–Trinajstić information content (AvgIpc) is 2.36. The Morgan fingerprint density at radius 3 is 2.60 bits per heavy atom. The monoisotopic (exact) mass is 336 g/mol. The number of halogens is 1. The van der Waals surface area contributed by atoms with Gasteiger partial charge >= 0.3 is 5.97 Å². The molecule has 0 heterocycles. The quantitative estimate of drug-likeness (QED) is 0.774. The molecule has 0 fully saturated rings. The molecule has 7 heteroatoms. The van der Waals surface area contributed by atoms with Crippen LogP contribution in [0.3, 0.4) is 0 Å². The minimum Gasteiger partial charge on any atom is -0.478 e. The fourth-order valence-corrected chi connectivity index (χ4v) is 4.53. The van der Waals surface area contributed by atoms with Crippen LogP contribution in [-0.2, 0) is 9.84 Å². The molecule has 0 radical (unpaired) electrons. The van der Waals surface area contributed by atoms with Crippen LogP contribution in [0, 0.1) is 6.92 Å². The van der Waals surface area contributed by atoms with Crippen LogP contribution in [0.4, 0.5) is 0 Å². The highest BCUT2D eigenvalue weighted by Crippen LogP contribution is 2.26. The first-order valence-corrected chi connectivity index (χ1v) is 9.32. The third kappa shape index (κ3) is 4.40. The molecule has 0 unspecified atom stereocenters. The second kappa shape index (κ2) is 7.33. The molecule has 1 rings (SSSR count). The smallest absolute Gasteiger partial charge is 0.336 e. The van der Waals surface area contributed by atoms with Crippen molar-refractivity contribution in [1.82, 2.24) is 0 Å². The third-order valence-electron chi connectivity index (χ3n) is 2.80. The van der Waals surface area contributed by atoms with Crippen molar-refractivity contribution in [2.75, 3.05) is 17.3 Å². The van der Waals surface area contributed by atoms with Gasteiger partial charge in [-0.05, 0) is 42.5 Å². The summed E-state index contributed by atoms with van der Waals surface area (Å²) in [6.45, 7) is 3.51. The number of hydrogen-bond acceptors (Lipinski definition) is 4. The van der Waals surface area contributed by atoms with E-state index < -0.39 is 15.8 Å². The minimum absolute atomic E-state index is 0.000239. The summed E-state index contributed by atoms with van der Waals surface area (Å²) in [5.74, 6) is 0.531. The van der Waals surface area contributed by atoms with E-state index in [4.69, 9.17) is 16.7 Å². The van der Waals surface area contributed by atoms with Crippen LogP contribution in [-0.4, -0.2) is 36.8 Å². The van der Waals surface area contributed by atoms with Crippen LogP contribution in [0.1, 0.15) is 29.3 Å². The highest BCUT2D eigenvalue weighted by atomic mass is 35.5. The van der Waals surface area contributed by atoms with E-state index in [2.05, 4.69) is 0 Å². The van der Waals surface area contributed by atoms with E-state index >= 15 is 0 Å².